The minimum atomic E-state index is 0.135. The molecular weight excluding hydrogens is 456 g/mol. The number of hydrogen-bond donors (Lipinski definition) is 0. The summed E-state index contributed by atoms with van der Waals surface area (Å²) in [5.74, 6) is 2.61. The number of methoxy groups -OCH3 is 1. The van der Waals surface area contributed by atoms with Crippen LogP contribution >= 0.6 is 15.9 Å². The van der Waals surface area contributed by atoms with Gasteiger partial charge in [-0.05, 0) is 108 Å². The topological polar surface area (TPSA) is 42.0 Å². The molecule has 0 atom stereocenters. The van der Waals surface area contributed by atoms with Gasteiger partial charge in [0.15, 0.2) is 0 Å². The van der Waals surface area contributed by atoms with E-state index in [2.05, 4.69) is 46.8 Å². The Bertz CT molecular complexity index is 696. The highest BCUT2D eigenvalue weighted by Crippen LogP contribution is 2.30. The van der Waals surface area contributed by atoms with Crippen LogP contribution in [0.2, 0.25) is 0 Å². The number of carbonyl (C=O) groups is 1. The number of benzene rings is 1. The number of nitrogens with zero attached hydrogens (tertiary/aromatic N) is 2. The van der Waals surface area contributed by atoms with Gasteiger partial charge in [-0.2, -0.15) is 0 Å². The van der Waals surface area contributed by atoms with Crippen molar-refractivity contribution in [2.45, 2.75) is 58.5 Å². The lowest BCUT2D eigenvalue weighted by atomic mass is 9.89. The molecule has 0 N–H and O–H groups in total. The van der Waals surface area contributed by atoms with E-state index in [1.54, 1.807) is 7.11 Å². The first kappa shape index (κ1) is 24.5. The molecule has 0 aromatic heterocycles. The molecule has 0 unspecified atom stereocenters. The molecule has 31 heavy (non-hydrogen) atoms. The Morgan fingerprint density at radius 2 is 1.77 bits per heavy atom. The van der Waals surface area contributed by atoms with Crippen LogP contribution in [0.3, 0.4) is 0 Å². The highest BCUT2D eigenvalue weighted by atomic mass is 79.9. The van der Waals surface area contributed by atoms with Gasteiger partial charge in [-0.1, -0.05) is 15.9 Å². The second-order valence-corrected chi connectivity index (χ2v) is 10.3. The number of likely N-dealkylation sites (tertiary alicyclic amines) is 2. The van der Waals surface area contributed by atoms with Gasteiger partial charge in [0.1, 0.15) is 12.4 Å². The lowest BCUT2D eigenvalue weighted by Crippen LogP contribution is -2.41. The Kier molecular flexibility index (Phi) is 9.67. The van der Waals surface area contributed by atoms with Crippen LogP contribution in [0, 0.1) is 11.8 Å². The summed E-state index contributed by atoms with van der Waals surface area (Å²) in [5.41, 5.74) is 1.37. The van der Waals surface area contributed by atoms with Gasteiger partial charge in [0.05, 0.1) is 6.10 Å². The summed E-state index contributed by atoms with van der Waals surface area (Å²) >= 11 is 3.73. The summed E-state index contributed by atoms with van der Waals surface area (Å²) in [5, 5.41) is 0. The van der Waals surface area contributed by atoms with Crippen molar-refractivity contribution in [2.75, 3.05) is 46.4 Å². The molecule has 174 valence electrons. The van der Waals surface area contributed by atoms with Crippen molar-refractivity contribution in [1.29, 1.82) is 0 Å². The molecule has 2 aliphatic rings. The van der Waals surface area contributed by atoms with E-state index in [9.17, 15) is 4.79 Å². The monoisotopic (exact) mass is 494 g/mol. The largest absolute Gasteiger partial charge is 0.491 e. The van der Waals surface area contributed by atoms with Crippen molar-refractivity contribution in [2.24, 2.45) is 11.8 Å². The maximum absolute atomic E-state index is 11.9. The molecule has 6 heteroatoms. The lowest BCUT2D eigenvalue weighted by molar-refractivity contribution is -0.136. The minimum absolute atomic E-state index is 0.135. The Labute approximate surface area is 196 Å². The fourth-order valence-corrected chi connectivity index (χ4v) is 5.24. The zero-order valence-corrected chi connectivity index (χ0v) is 21.0. The average molecular weight is 496 g/mol. The molecule has 0 bridgehead atoms. The third kappa shape index (κ3) is 7.76. The maximum atomic E-state index is 11.9. The van der Waals surface area contributed by atoms with Crippen molar-refractivity contribution in [3.63, 3.8) is 0 Å². The van der Waals surface area contributed by atoms with Crippen LogP contribution in [0.1, 0.15) is 51.5 Å². The number of rotatable bonds is 9. The molecule has 1 aromatic carbocycles. The number of hydrogen-bond acceptors (Lipinski definition) is 4. The van der Waals surface area contributed by atoms with Gasteiger partial charge >= 0.3 is 0 Å². The molecule has 5 nitrogen and oxygen atoms in total. The second kappa shape index (κ2) is 12.2. The Morgan fingerprint density at radius 1 is 1.10 bits per heavy atom. The zero-order valence-electron chi connectivity index (χ0n) is 19.4. The van der Waals surface area contributed by atoms with Gasteiger partial charge in [0, 0.05) is 24.7 Å². The van der Waals surface area contributed by atoms with E-state index in [-0.39, 0.29) is 18.6 Å². The highest BCUT2D eigenvalue weighted by molar-refractivity contribution is 9.10. The van der Waals surface area contributed by atoms with Crippen LogP contribution < -0.4 is 4.74 Å². The smallest absolute Gasteiger partial charge is 0.248 e. The van der Waals surface area contributed by atoms with Crippen LogP contribution in [-0.4, -0.2) is 68.3 Å². The third-order valence-electron chi connectivity index (χ3n) is 6.69. The molecule has 2 saturated heterocycles. The molecule has 3 rings (SSSR count). The van der Waals surface area contributed by atoms with Crippen LogP contribution in [-0.2, 0) is 16.0 Å². The van der Waals surface area contributed by atoms with Gasteiger partial charge in [0.2, 0.25) is 5.91 Å². The predicted octanol–water partition coefficient (Wildman–Crippen LogP) is 4.77. The van der Waals surface area contributed by atoms with E-state index in [1.807, 2.05) is 11.0 Å². The molecule has 0 spiro atoms. The number of carbonyl (C=O) groups excluding carboxylic acids is 1. The third-order valence-corrected chi connectivity index (χ3v) is 7.47. The first-order chi connectivity index (χ1) is 14.9. The van der Waals surface area contributed by atoms with Crippen LogP contribution in [0.25, 0.3) is 0 Å². The quantitative estimate of drug-likeness (QED) is 0.495. The van der Waals surface area contributed by atoms with Gasteiger partial charge < -0.3 is 19.3 Å². The molecule has 0 saturated carbocycles. The van der Waals surface area contributed by atoms with Gasteiger partial charge in [-0.3, -0.25) is 4.79 Å². The Morgan fingerprint density at radius 3 is 2.42 bits per heavy atom. The summed E-state index contributed by atoms with van der Waals surface area (Å²) in [4.78, 5) is 16.5. The normalized spacial score (nSPS) is 19.2. The lowest BCUT2D eigenvalue weighted by Gasteiger charge is -2.35. The highest BCUT2D eigenvalue weighted by Gasteiger charge is 2.25. The minimum Gasteiger partial charge on any atom is -0.491 e. The number of piperidine rings is 2. The molecule has 0 radical (unpaired) electrons. The van der Waals surface area contributed by atoms with Crippen molar-refractivity contribution < 1.29 is 14.3 Å². The second-order valence-electron chi connectivity index (χ2n) is 9.45. The van der Waals surface area contributed by atoms with Crippen LogP contribution in [0.4, 0.5) is 0 Å². The number of amides is 1. The predicted molar refractivity (Wildman–Crippen MR) is 129 cm³/mol. The van der Waals surface area contributed by atoms with Crippen LogP contribution in [0.15, 0.2) is 22.7 Å². The van der Waals surface area contributed by atoms with Crippen molar-refractivity contribution >= 4 is 21.8 Å². The first-order valence-electron chi connectivity index (χ1n) is 11.9. The van der Waals surface area contributed by atoms with E-state index in [4.69, 9.17) is 9.47 Å². The average Bonchev–Trinajstić information content (AvgIpc) is 2.76. The van der Waals surface area contributed by atoms with Crippen molar-refractivity contribution in [3.05, 3.63) is 28.2 Å². The van der Waals surface area contributed by atoms with E-state index >= 15 is 0 Å². The summed E-state index contributed by atoms with van der Waals surface area (Å²) in [7, 11) is 1.59. The summed E-state index contributed by atoms with van der Waals surface area (Å²) in [6, 6.07) is 6.38. The number of halogens is 1. The zero-order chi connectivity index (χ0) is 22.2. The molecule has 2 aliphatic heterocycles. The number of ether oxygens (including phenoxy) is 2. The van der Waals surface area contributed by atoms with E-state index in [0.29, 0.717) is 0 Å². The molecule has 2 fully saturated rings. The fourth-order valence-electron chi connectivity index (χ4n) is 4.83. The van der Waals surface area contributed by atoms with E-state index in [0.717, 1.165) is 49.9 Å². The van der Waals surface area contributed by atoms with Gasteiger partial charge in [0.25, 0.3) is 0 Å². The van der Waals surface area contributed by atoms with E-state index < -0.39 is 0 Å². The van der Waals surface area contributed by atoms with Crippen molar-refractivity contribution in [1.82, 2.24) is 9.80 Å². The summed E-state index contributed by atoms with van der Waals surface area (Å²) in [6.45, 7) is 9.75. The van der Waals surface area contributed by atoms with Gasteiger partial charge in [-0.15, -0.1) is 0 Å². The summed E-state index contributed by atoms with van der Waals surface area (Å²) < 4.78 is 12.1. The Balaban J connectivity index is 1.36. The fraction of sp³-hybridized carbons (Fsp3) is 0.720. The molecule has 1 amide bonds. The molecule has 1 aromatic rings. The first-order valence-corrected chi connectivity index (χ1v) is 12.7. The summed E-state index contributed by atoms with van der Waals surface area (Å²) in [6.07, 6.45) is 7.39. The van der Waals surface area contributed by atoms with Crippen LogP contribution in [0.5, 0.6) is 5.75 Å². The maximum Gasteiger partial charge on any atom is 0.248 e. The van der Waals surface area contributed by atoms with Crippen molar-refractivity contribution in [3.8, 4) is 5.75 Å². The van der Waals surface area contributed by atoms with Gasteiger partial charge in [-0.25, -0.2) is 0 Å². The molecule has 2 heterocycles. The van der Waals surface area contributed by atoms with E-state index in [1.165, 1.54) is 48.9 Å². The SMILES string of the molecule is COCC(=O)N1CCC(CCN2CCC(Cc3cc(OC(C)C)ccc3Br)CC2)CC1. The standard InChI is InChI=1S/C25H39BrN2O3/c1-19(2)31-23-4-5-24(26)22(17-23)16-21-7-12-27(13-8-21)11-6-20-9-14-28(15-10-20)25(29)18-30-3/h4-5,17,19-21H,6-16,18H2,1-3H3. The molecule has 0 aliphatic carbocycles. The Hall–Kier alpha value is -1.11. The molecular formula is C25H39BrN2O3.